The number of hydrogen-bond acceptors (Lipinski definition) is 5. The molecule has 0 saturated carbocycles. The third-order valence-corrected chi connectivity index (χ3v) is 7.41. The fourth-order valence-electron chi connectivity index (χ4n) is 3.13. The van der Waals surface area contributed by atoms with Gasteiger partial charge in [-0.2, -0.15) is 0 Å². The van der Waals surface area contributed by atoms with E-state index in [0.717, 1.165) is 35.0 Å². The predicted molar refractivity (Wildman–Crippen MR) is 107 cm³/mol. The van der Waals surface area contributed by atoms with Crippen molar-refractivity contribution in [3.05, 3.63) is 64.9 Å². The Morgan fingerprint density at radius 3 is 2.85 bits per heavy atom. The summed E-state index contributed by atoms with van der Waals surface area (Å²) in [5.74, 6) is 0.588. The van der Waals surface area contributed by atoms with E-state index in [2.05, 4.69) is 4.90 Å². The number of carboxylic acid groups (broad SMARTS) is 1. The maximum absolute atomic E-state index is 13.9. The van der Waals surface area contributed by atoms with E-state index in [4.69, 9.17) is 4.42 Å². The molecule has 1 aliphatic rings. The molecule has 0 radical (unpaired) electrons. The van der Waals surface area contributed by atoms with Gasteiger partial charge in [0, 0.05) is 36.5 Å². The number of nitrogens with zero attached hydrogens (tertiary/aromatic N) is 1. The molecule has 1 aliphatic heterocycles. The zero-order valence-corrected chi connectivity index (χ0v) is 16.9. The number of rotatable bonds is 6. The summed E-state index contributed by atoms with van der Waals surface area (Å²) in [7, 11) is 3.29. The molecule has 2 heterocycles. The van der Waals surface area contributed by atoms with Gasteiger partial charge in [-0.1, -0.05) is 39.8 Å². The van der Waals surface area contributed by atoms with Crippen molar-refractivity contribution in [3.63, 3.8) is 0 Å². The lowest BCUT2D eigenvalue weighted by molar-refractivity contribution is -0.131. The van der Waals surface area contributed by atoms with Gasteiger partial charge in [-0.05, 0) is 38.0 Å². The summed E-state index contributed by atoms with van der Waals surface area (Å²) in [6, 6.07) is 8.73. The largest absolute Gasteiger partial charge is 0.478 e. The van der Waals surface area contributed by atoms with Crippen LogP contribution >= 0.6 is 21.6 Å². The molecular formula is C20H22FNO3S2. The van der Waals surface area contributed by atoms with Crippen molar-refractivity contribution in [2.45, 2.75) is 37.0 Å². The van der Waals surface area contributed by atoms with Crippen LogP contribution in [0.15, 0.2) is 51.3 Å². The zero-order valence-electron chi connectivity index (χ0n) is 15.3. The van der Waals surface area contributed by atoms with Crippen molar-refractivity contribution in [3.8, 4) is 0 Å². The predicted octanol–water partition coefficient (Wildman–Crippen LogP) is 5.06. The van der Waals surface area contributed by atoms with Crippen LogP contribution in [0.5, 0.6) is 0 Å². The number of carbonyl (C=O) groups is 1. The minimum atomic E-state index is -0.941. The minimum absolute atomic E-state index is 0.109. The normalized spacial score (nSPS) is 19.5. The molecule has 0 amide bonds. The van der Waals surface area contributed by atoms with Crippen molar-refractivity contribution >= 4 is 27.6 Å². The molecule has 1 fully saturated rings. The molecule has 0 aliphatic carbocycles. The Balaban J connectivity index is 1.67. The summed E-state index contributed by atoms with van der Waals surface area (Å²) < 4.78 is 19.5. The van der Waals surface area contributed by atoms with Gasteiger partial charge in [0.2, 0.25) is 0 Å². The molecule has 144 valence electrons. The summed E-state index contributed by atoms with van der Waals surface area (Å²) >= 11 is 0. The van der Waals surface area contributed by atoms with E-state index >= 15 is 0 Å². The molecule has 0 bridgehead atoms. The second-order valence-corrected chi connectivity index (χ2v) is 9.04. The van der Waals surface area contributed by atoms with Crippen LogP contribution in [0, 0.1) is 19.7 Å². The lowest BCUT2D eigenvalue weighted by atomic mass is 10.0. The standard InChI is InChI=1S/C20H22FNO3S2/c1-13-9-19(14(2)25-13)27-26-18-7-8-22(12-16(18)10-20(23)24)11-15-5-3-4-6-17(15)21/h3-6,9-10,18H,7-8,11-12H2,1-2H3,(H,23,24)/b16-10-. The molecule has 1 atom stereocenters. The van der Waals surface area contributed by atoms with Crippen LogP contribution in [-0.2, 0) is 11.3 Å². The Morgan fingerprint density at radius 2 is 2.19 bits per heavy atom. The summed E-state index contributed by atoms with van der Waals surface area (Å²) in [6.45, 7) is 5.66. The molecule has 7 heteroatoms. The number of piperidine rings is 1. The lowest BCUT2D eigenvalue weighted by Crippen LogP contribution is -2.36. The average Bonchev–Trinajstić information content (AvgIpc) is 2.93. The Hall–Kier alpha value is -1.70. The SMILES string of the molecule is Cc1cc(SSC2CCN(Cc3ccccc3F)C/C2=C/C(=O)O)c(C)o1. The van der Waals surface area contributed by atoms with Gasteiger partial charge >= 0.3 is 5.97 Å². The highest BCUT2D eigenvalue weighted by Gasteiger charge is 2.26. The molecule has 1 aromatic carbocycles. The summed E-state index contributed by atoms with van der Waals surface area (Å²) in [5, 5.41) is 9.36. The van der Waals surface area contributed by atoms with E-state index in [1.807, 2.05) is 26.0 Å². The molecular weight excluding hydrogens is 385 g/mol. The summed E-state index contributed by atoms with van der Waals surface area (Å²) in [5.41, 5.74) is 1.50. The van der Waals surface area contributed by atoms with Crippen molar-refractivity contribution in [2.75, 3.05) is 13.1 Å². The van der Waals surface area contributed by atoms with Gasteiger partial charge in [0.1, 0.15) is 17.3 Å². The lowest BCUT2D eigenvalue weighted by Gasteiger charge is -2.33. The number of hydrogen-bond donors (Lipinski definition) is 1. The highest BCUT2D eigenvalue weighted by atomic mass is 33.1. The van der Waals surface area contributed by atoms with Gasteiger partial charge < -0.3 is 9.52 Å². The number of benzene rings is 1. The summed E-state index contributed by atoms with van der Waals surface area (Å²) in [6.07, 6.45) is 2.13. The van der Waals surface area contributed by atoms with E-state index in [9.17, 15) is 14.3 Å². The van der Waals surface area contributed by atoms with Gasteiger partial charge in [0.25, 0.3) is 0 Å². The molecule has 1 saturated heterocycles. The maximum atomic E-state index is 13.9. The van der Waals surface area contributed by atoms with E-state index in [0.29, 0.717) is 18.7 Å². The number of likely N-dealkylation sites (tertiary alicyclic amines) is 1. The molecule has 0 spiro atoms. The fraction of sp³-hybridized carbons (Fsp3) is 0.350. The molecule has 27 heavy (non-hydrogen) atoms. The van der Waals surface area contributed by atoms with Crippen LogP contribution in [0.1, 0.15) is 23.5 Å². The summed E-state index contributed by atoms with van der Waals surface area (Å²) in [4.78, 5) is 14.4. The quantitative estimate of drug-likeness (QED) is 0.533. The Bertz CT molecular complexity index is 850. The van der Waals surface area contributed by atoms with Crippen LogP contribution in [0.2, 0.25) is 0 Å². The van der Waals surface area contributed by atoms with Gasteiger partial charge in [-0.25, -0.2) is 9.18 Å². The Labute approximate surface area is 166 Å². The number of aliphatic carboxylic acids is 1. The molecule has 1 aromatic heterocycles. The Morgan fingerprint density at radius 1 is 1.41 bits per heavy atom. The third-order valence-electron chi connectivity index (χ3n) is 4.44. The van der Waals surface area contributed by atoms with Gasteiger partial charge in [0.05, 0.1) is 4.90 Å². The van der Waals surface area contributed by atoms with Gasteiger partial charge in [-0.15, -0.1) is 0 Å². The van der Waals surface area contributed by atoms with E-state index in [1.165, 1.54) is 12.1 Å². The number of halogens is 1. The van der Waals surface area contributed by atoms with Crippen LogP contribution in [0.25, 0.3) is 0 Å². The van der Waals surface area contributed by atoms with Gasteiger partial charge in [0.15, 0.2) is 0 Å². The molecule has 2 aromatic rings. The first-order valence-corrected chi connectivity index (χ1v) is 10.9. The van der Waals surface area contributed by atoms with Crippen molar-refractivity contribution in [2.24, 2.45) is 0 Å². The highest BCUT2D eigenvalue weighted by Crippen LogP contribution is 2.42. The molecule has 3 rings (SSSR count). The van der Waals surface area contributed by atoms with Crippen molar-refractivity contribution in [1.82, 2.24) is 4.90 Å². The van der Waals surface area contributed by atoms with E-state index < -0.39 is 5.97 Å². The van der Waals surface area contributed by atoms with Crippen LogP contribution in [0.3, 0.4) is 0 Å². The fourth-order valence-corrected chi connectivity index (χ4v) is 6.01. The topological polar surface area (TPSA) is 53.7 Å². The first kappa shape index (κ1) is 20.0. The maximum Gasteiger partial charge on any atom is 0.328 e. The average molecular weight is 408 g/mol. The first-order valence-electron chi connectivity index (χ1n) is 8.72. The van der Waals surface area contributed by atoms with Crippen LogP contribution in [0.4, 0.5) is 4.39 Å². The van der Waals surface area contributed by atoms with E-state index in [1.54, 1.807) is 33.7 Å². The van der Waals surface area contributed by atoms with Crippen molar-refractivity contribution < 1.29 is 18.7 Å². The third kappa shape index (κ3) is 5.40. The van der Waals surface area contributed by atoms with E-state index in [-0.39, 0.29) is 11.1 Å². The second kappa shape index (κ2) is 8.99. The Kier molecular flexibility index (Phi) is 6.68. The molecule has 4 nitrogen and oxygen atoms in total. The smallest absolute Gasteiger partial charge is 0.328 e. The number of aryl methyl sites for hydroxylation is 2. The number of carboxylic acids is 1. The van der Waals surface area contributed by atoms with Gasteiger partial charge in [-0.3, -0.25) is 4.90 Å². The monoisotopic (exact) mass is 407 g/mol. The molecule has 1 unspecified atom stereocenters. The zero-order chi connectivity index (χ0) is 19.4. The van der Waals surface area contributed by atoms with Crippen LogP contribution in [-0.4, -0.2) is 34.3 Å². The van der Waals surface area contributed by atoms with Crippen molar-refractivity contribution in [1.29, 1.82) is 0 Å². The van der Waals surface area contributed by atoms with Crippen LogP contribution < -0.4 is 0 Å². The first-order chi connectivity index (χ1) is 12.9. The highest BCUT2D eigenvalue weighted by molar-refractivity contribution is 8.77. The number of furan rings is 1. The molecule has 1 N–H and O–H groups in total. The second-order valence-electron chi connectivity index (χ2n) is 6.59. The minimum Gasteiger partial charge on any atom is -0.478 e.